The summed E-state index contributed by atoms with van der Waals surface area (Å²) in [7, 11) is -1.21. The molecular formula is C36H36N10O3S. The topological polar surface area (TPSA) is 162 Å². The first-order valence-electron chi connectivity index (χ1n) is 16.4. The Labute approximate surface area is 290 Å². The van der Waals surface area contributed by atoms with Gasteiger partial charge < -0.3 is 15.5 Å². The molecule has 1 unspecified atom stereocenters. The molecule has 5 aromatic rings. The van der Waals surface area contributed by atoms with Gasteiger partial charge in [-0.3, -0.25) is 4.68 Å². The zero-order valence-corrected chi connectivity index (χ0v) is 28.3. The third kappa shape index (κ3) is 7.13. The van der Waals surface area contributed by atoms with E-state index in [1.165, 1.54) is 11.1 Å². The van der Waals surface area contributed by atoms with Gasteiger partial charge in [0.2, 0.25) is 5.95 Å². The van der Waals surface area contributed by atoms with Gasteiger partial charge in [-0.1, -0.05) is 30.3 Å². The molecule has 14 heteroatoms. The summed E-state index contributed by atoms with van der Waals surface area (Å²) in [4.78, 5) is 31.0. The fourth-order valence-electron chi connectivity index (χ4n) is 6.73. The first kappa shape index (κ1) is 32.7. The van der Waals surface area contributed by atoms with E-state index in [0.717, 1.165) is 29.5 Å². The molecule has 13 nitrogen and oxygen atoms in total. The number of pyridine rings is 1. The molecule has 2 aliphatic heterocycles. The normalized spacial score (nSPS) is 18.0. The second-order valence-electron chi connectivity index (χ2n) is 12.9. The van der Waals surface area contributed by atoms with E-state index in [4.69, 9.17) is 4.98 Å². The number of urea groups is 1. The molecule has 3 aromatic heterocycles. The van der Waals surface area contributed by atoms with Crippen molar-refractivity contribution in [1.82, 2.24) is 30.0 Å². The molecule has 2 N–H and O–H groups in total. The molecule has 0 bridgehead atoms. The van der Waals surface area contributed by atoms with E-state index in [0.29, 0.717) is 60.6 Å². The van der Waals surface area contributed by atoms with Crippen LogP contribution in [0.15, 0.2) is 91.5 Å². The largest absolute Gasteiger partial charge is 0.355 e. The van der Waals surface area contributed by atoms with Gasteiger partial charge in [-0.15, -0.1) is 0 Å². The summed E-state index contributed by atoms with van der Waals surface area (Å²) in [6.07, 6.45) is 9.17. The maximum atomic E-state index is 13.7. The molecule has 1 spiro atoms. The zero-order valence-electron chi connectivity index (χ0n) is 27.5. The standard InChI is InChI=1S/C36H36N10O3S/c1-44-23-29(22-41-44)27-8-13-32(38-20-27)46(35(47)40-19-26-6-3-2-4-7-26)31-11-9-30(10-12-31)42-34-39-21-28(18-37)33(43-34)45-16-5-14-36(24-45)15-17-50(48,49)25-36/h2-4,6-13,20-23H,5,14-17,19,24-25H2,1H3,(H,40,47)(H,39,42,43). The highest BCUT2D eigenvalue weighted by molar-refractivity contribution is 7.91. The zero-order chi connectivity index (χ0) is 34.7. The van der Waals surface area contributed by atoms with Crippen molar-refractivity contribution in [2.24, 2.45) is 12.5 Å². The number of rotatable bonds is 8. The van der Waals surface area contributed by atoms with Gasteiger partial charge in [0.1, 0.15) is 17.5 Å². The highest BCUT2D eigenvalue weighted by Crippen LogP contribution is 2.41. The lowest BCUT2D eigenvalue weighted by Gasteiger charge is -2.40. The molecule has 2 amide bonds. The third-order valence-electron chi connectivity index (χ3n) is 9.21. The fourth-order valence-corrected chi connectivity index (χ4v) is 8.94. The summed E-state index contributed by atoms with van der Waals surface area (Å²) in [6, 6.07) is 22.5. The number of hydrogen-bond donors (Lipinski definition) is 2. The van der Waals surface area contributed by atoms with Crippen molar-refractivity contribution in [3.8, 4) is 17.2 Å². The van der Waals surface area contributed by atoms with Crippen molar-refractivity contribution in [3.63, 3.8) is 0 Å². The maximum absolute atomic E-state index is 13.7. The maximum Gasteiger partial charge on any atom is 0.327 e. The molecule has 0 aliphatic carbocycles. The van der Waals surface area contributed by atoms with Gasteiger partial charge >= 0.3 is 6.03 Å². The van der Waals surface area contributed by atoms with E-state index in [1.54, 1.807) is 35.3 Å². The SMILES string of the molecule is Cn1cc(-c2ccc(N(C(=O)NCc3ccccc3)c3ccc(Nc4ncc(C#N)c(N5CCCC6(CCS(=O)(=O)C6)C5)n4)cc3)nc2)cn1. The van der Waals surface area contributed by atoms with Crippen LogP contribution in [0.5, 0.6) is 0 Å². The molecule has 2 aliphatic rings. The van der Waals surface area contributed by atoms with Gasteiger partial charge in [0, 0.05) is 61.3 Å². The van der Waals surface area contributed by atoms with E-state index in [2.05, 4.69) is 31.8 Å². The Kier molecular flexibility index (Phi) is 8.90. The number of carbonyl (C=O) groups is 1. The van der Waals surface area contributed by atoms with Crippen LogP contribution in [0.3, 0.4) is 0 Å². The highest BCUT2D eigenvalue weighted by Gasteiger charge is 2.45. The number of aromatic nitrogens is 5. The molecule has 7 rings (SSSR count). The monoisotopic (exact) mass is 688 g/mol. The van der Waals surface area contributed by atoms with Crippen molar-refractivity contribution in [3.05, 3.63) is 103 Å². The molecule has 2 saturated heterocycles. The van der Waals surface area contributed by atoms with Crippen LogP contribution in [-0.4, -0.2) is 63.8 Å². The molecule has 1 atom stereocenters. The number of benzene rings is 2. The minimum absolute atomic E-state index is 0.173. The van der Waals surface area contributed by atoms with Crippen LogP contribution >= 0.6 is 0 Å². The average Bonchev–Trinajstić information content (AvgIpc) is 3.70. The smallest absolute Gasteiger partial charge is 0.327 e. The Hall–Kier alpha value is -5.81. The first-order valence-corrected chi connectivity index (χ1v) is 18.2. The van der Waals surface area contributed by atoms with Crippen molar-refractivity contribution in [2.75, 3.05) is 39.7 Å². The van der Waals surface area contributed by atoms with Gasteiger partial charge in [0.25, 0.3) is 0 Å². The number of nitriles is 1. The van der Waals surface area contributed by atoms with Gasteiger partial charge in [-0.2, -0.15) is 15.3 Å². The number of nitrogens with one attached hydrogen (secondary N) is 2. The second-order valence-corrected chi connectivity index (χ2v) is 15.1. The molecule has 50 heavy (non-hydrogen) atoms. The molecule has 2 aromatic carbocycles. The van der Waals surface area contributed by atoms with Crippen molar-refractivity contribution >= 4 is 44.8 Å². The average molecular weight is 689 g/mol. The lowest BCUT2D eigenvalue weighted by atomic mass is 9.79. The summed E-state index contributed by atoms with van der Waals surface area (Å²) in [5, 5.41) is 20.3. The fraction of sp³-hybridized carbons (Fsp3) is 0.278. The lowest BCUT2D eigenvalue weighted by molar-refractivity contribution is 0.248. The number of piperidine rings is 1. The van der Waals surface area contributed by atoms with Crippen LogP contribution in [0.4, 0.5) is 33.8 Å². The number of anilines is 5. The number of carbonyl (C=O) groups excluding carboxylic acids is 1. The van der Waals surface area contributed by atoms with Crippen LogP contribution in [0.2, 0.25) is 0 Å². The number of sulfone groups is 1. The minimum Gasteiger partial charge on any atom is -0.355 e. The first-order chi connectivity index (χ1) is 24.2. The summed E-state index contributed by atoms with van der Waals surface area (Å²) in [5.74, 6) is 1.62. The van der Waals surface area contributed by atoms with Crippen molar-refractivity contribution in [2.45, 2.75) is 25.8 Å². The molecular weight excluding hydrogens is 653 g/mol. The Balaban J connectivity index is 1.12. The van der Waals surface area contributed by atoms with E-state index < -0.39 is 9.84 Å². The minimum atomic E-state index is -3.06. The quantitative estimate of drug-likeness (QED) is 0.218. The Morgan fingerprint density at radius 1 is 1.00 bits per heavy atom. The molecule has 2 fully saturated rings. The van der Waals surface area contributed by atoms with E-state index >= 15 is 0 Å². The summed E-state index contributed by atoms with van der Waals surface area (Å²) >= 11 is 0. The van der Waals surface area contributed by atoms with E-state index in [9.17, 15) is 18.5 Å². The van der Waals surface area contributed by atoms with Gasteiger partial charge in [-0.05, 0) is 61.2 Å². The Morgan fingerprint density at radius 3 is 2.50 bits per heavy atom. The number of nitrogens with zero attached hydrogens (tertiary/aromatic N) is 8. The molecule has 5 heterocycles. The van der Waals surface area contributed by atoms with E-state index in [-0.39, 0.29) is 23.0 Å². The van der Waals surface area contributed by atoms with E-state index in [1.807, 2.05) is 66.7 Å². The summed E-state index contributed by atoms with van der Waals surface area (Å²) < 4.78 is 26.4. The van der Waals surface area contributed by atoms with Crippen LogP contribution < -0.4 is 20.4 Å². The predicted molar refractivity (Wildman–Crippen MR) is 191 cm³/mol. The summed E-state index contributed by atoms with van der Waals surface area (Å²) in [5.41, 5.74) is 4.05. The predicted octanol–water partition coefficient (Wildman–Crippen LogP) is 5.34. The molecule has 0 radical (unpaired) electrons. The number of hydrogen-bond acceptors (Lipinski definition) is 10. The van der Waals surface area contributed by atoms with Crippen LogP contribution in [0.25, 0.3) is 11.1 Å². The third-order valence-corrected chi connectivity index (χ3v) is 11.1. The summed E-state index contributed by atoms with van der Waals surface area (Å²) in [6.45, 7) is 1.56. The van der Waals surface area contributed by atoms with Crippen LogP contribution in [-0.2, 0) is 23.4 Å². The van der Waals surface area contributed by atoms with Crippen molar-refractivity contribution in [1.29, 1.82) is 5.26 Å². The van der Waals surface area contributed by atoms with Gasteiger partial charge in [-0.25, -0.2) is 28.1 Å². The highest BCUT2D eigenvalue weighted by atomic mass is 32.2. The number of aryl methyl sites for hydroxylation is 1. The van der Waals surface area contributed by atoms with Crippen LogP contribution in [0.1, 0.15) is 30.4 Å². The number of amides is 2. The second kappa shape index (κ2) is 13.6. The molecule has 254 valence electrons. The Morgan fingerprint density at radius 2 is 1.82 bits per heavy atom. The van der Waals surface area contributed by atoms with Gasteiger partial charge in [0.05, 0.1) is 29.6 Å². The molecule has 0 saturated carbocycles. The lowest BCUT2D eigenvalue weighted by Crippen LogP contribution is -2.44. The Bertz CT molecular complexity index is 2150. The van der Waals surface area contributed by atoms with Crippen LogP contribution in [0, 0.1) is 16.7 Å². The van der Waals surface area contributed by atoms with Crippen molar-refractivity contribution < 1.29 is 13.2 Å². The van der Waals surface area contributed by atoms with Gasteiger partial charge in [0.15, 0.2) is 15.7 Å².